The Kier molecular flexibility index (Phi) is 3.46. The molecule has 1 aliphatic rings. The van der Waals surface area contributed by atoms with Crippen LogP contribution in [0.15, 0.2) is 24.3 Å². The maximum Gasteiger partial charge on any atom is 0.224 e. The summed E-state index contributed by atoms with van der Waals surface area (Å²) >= 11 is 0. The van der Waals surface area contributed by atoms with Crippen LogP contribution in [0.3, 0.4) is 0 Å². The molecule has 0 aromatic heterocycles. The van der Waals surface area contributed by atoms with Crippen molar-refractivity contribution in [1.29, 1.82) is 0 Å². The summed E-state index contributed by atoms with van der Waals surface area (Å²) in [5, 5.41) is 0. The second-order valence-electron chi connectivity index (χ2n) is 5.06. The Hall–Kier alpha value is -1.38. The largest absolute Gasteiger partial charge is 0.369 e. The molecule has 0 saturated heterocycles. The molecule has 2 unspecified atom stereocenters. The fourth-order valence-corrected chi connectivity index (χ4v) is 2.37. The van der Waals surface area contributed by atoms with E-state index in [1.165, 1.54) is 25.0 Å². The molecule has 1 amide bonds. The van der Waals surface area contributed by atoms with Gasteiger partial charge in [0.2, 0.25) is 5.91 Å². The minimum atomic E-state index is -0.360. The second kappa shape index (κ2) is 4.86. The number of carbonyl (C=O) groups excluding carboxylic acids is 1. The number of halogens is 1. The summed E-state index contributed by atoms with van der Waals surface area (Å²) in [5.41, 5.74) is 6.13. The lowest BCUT2D eigenvalue weighted by molar-refractivity contribution is -0.119. The minimum absolute atomic E-state index is 0.312. The lowest BCUT2D eigenvalue weighted by Gasteiger charge is -2.18. The number of hydrogen-bond donors (Lipinski definition) is 1. The molecule has 1 aliphatic carbocycles. The van der Waals surface area contributed by atoms with Gasteiger partial charge >= 0.3 is 0 Å². The summed E-state index contributed by atoms with van der Waals surface area (Å²) in [5.74, 6) is 0.179. The molecule has 2 rings (SSSR count). The number of nitrogens with two attached hydrogens (primary N) is 1. The Morgan fingerprint density at radius 2 is 2.24 bits per heavy atom. The summed E-state index contributed by atoms with van der Waals surface area (Å²) < 4.78 is 13.1. The van der Waals surface area contributed by atoms with E-state index in [1.54, 1.807) is 12.1 Å². The number of primary amides is 1. The number of benzene rings is 1. The predicted octanol–water partition coefficient (Wildman–Crippen LogP) is 2.83. The van der Waals surface area contributed by atoms with E-state index in [-0.39, 0.29) is 17.6 Å². The van der Waals surface area contributed by atoms with Gasteiger partial charge in [0.05, 0.1) is 5.92 Å². The quantitative estimate of drug-likeness (QED) is 0.837. The lowest BCUT2D eigenvalue weighted by Crippen LogP contribution is -2.23. The molecule has 0 aliphatic heterocycles. The fourth-order valence-electron chi connectivity index (χ4n) is 2.37. The first-order valence-electron chi connectivity index (χ1n) is 6.12. The smallest absolute Gasteiger partial charge is 0.224 e. The van der Waals surface area contributed by atoms with E-state index in [4.69, 9.17) is 5.73 Å². The summed E-state index contributed by atoms with van der Waals surface area (Å²) in [4.78, 5) is 11.5. The first kappa shape index (κ1) is 12.1. The van der Waals surface area contributed by atoms with Crippen LogP contribution in [0.5, 0.6) is 0 Å². The molecule has 92 valence electrons. The van der Waals surface area contributed by atoms with Crippen molar-refractivity contribution in [2.24, 2.45) is 17.6 Å². The molecule has 0 spiro atoms. The summed E-state index contributed by atoms with van der Waals surface area (Å²) in [7, 11) is 0. The normalized spacial score (nSPS) is 18.7. The van der Waals surface area contributed by atoms with E-state index in [9.17, 15) is 9.18 Å². The summed E-state index contributed by atoms with van der Waals surface area (Å²) in [6, 6.07) is 6.20. The monoisotopic (exact) mass is 235 g/mol. The number of hydrogen-bond acceptors (Lipinski definition) is 1. The van der Waals surface area contributed by atoms with Crippen LogP contribution < -0.4 is 5.73 Å². The van der Waals surface area contributed by atoms with Crippen molar-refractivity contribution in [3.63, 3.8) is 0 Å². The SMILES string of the molecule is CC(CC(C(N)=O)c1cccc(F)c1)C1CC1. The highest BCUT2D eigenvalue weighted by Gasteiger charge is 2.31. The molecular formula is C14H18FNO. The van der Waals surface area contributed by atoms with E-state index in [0.29, 0.717) is 11.5 Å². The van der Waals surface area contributed by atoms with E-state index in [2.05, 4.69) is 6.92 Å². The van der Waals surface area contributed by atoms with E-state index < -0.39 is 0 Å². The third-order valence-electron chi connectivity index (χ3n) is 3.63. The third kappa shape index (κ3) is 3.05. The van der Waals surface area contributed by atoms with Gasteiger partial charge in [-0.3, -0.25) is 4.79 Å². The minimum Gasteiger partial charge on any atom is -0.369 e. The van der Waals surface area contributed by atoms with Crippen LogP contribution in [0, 0.1) is 17.7 Å². The first-order valence-corrected chi connectivity index (χ1v) is 6.12. The standard InChI is InChI=1S/C14H18FNO/c1-9(10-5-6-10)7-13(14(16)17)11-3-2-4-12(15)8-11/h2-4,8-10,13H,5-7H2,1H3,(H2,16,17). The van der Waals surface area contributed by atoms with E-state index in [1.807, 2.05) is 0 Å². The highest BCUT2D eigenvalue weighted by atomic mass is 19.1. The Morgan fingerprint density at radius 3 is 2.76 bits per heavy atom. The van der Waals surface area contributed by atoms with Gasteiger partial charge in [0, 0.05) is 0 Å². The Bertz CT molecular complexity index is 414. The van der Waals surface area contributed by atoms with Crippen LogP contribution in [0.2, 0.25) is 0 Å². The van der Waals surface area contributed by atoms with Gasteiger partial charge in [0.1, 0.15) is 5.82 Å². The zero-order chi connectivity index (χ0) is 12.4. The van der Waals surface area contributed by atoms with Gasteiger partial charge in [0.15, 0.2) is 0 Å². The van der Waals surface area contributed by atoms with Gasteiger partial charge in [0.25, 0.3) is 0 Å². The first-order chi connectivity index (χ1) is 8.08. The van der Waals surface area contributed by atoms with Crippen LogP contribution in [-0.2, 0) is 4.79 Å². The molecule has 3 heteroatoms. The van der Waals surface area contributed by atoms with Crippen LogP contribution >= 0.6 is 0 Å². The van der Waals surface area contributed by atoms with E-state index in [0.717, 1.165) is 12.3 Å². The molecule has 2 atom stereocenters. The van der Waals surface area contributed by atoms with Crippen molar-refractivity contribution in [1.82, 2.24) is 0 Å². The van der Waals surface area contributed by atoms with Crippen molar-refractivity contribution in [2.75, 3.05) is 0 Å². The van der Waals surface area contributed by atoms with Gasteiger partial charge in [-0.25, -0.2) is 4.39 Å². The van der Waals surface area contributed by atoms with Crippen molar-refractivity contribution in [3.05, 3.63) is 35.6 Å². The molecule has 2 N–H and O–H groups in total. The third-order valence-corrected chi connectivity index (χ3v) is 3.63. The van der Waals surface area contributed by atoms with Crippen LogP contribution in [0.25, 0.3) is 0 Å². The highest BCUT2D eigenvalue weighted by Crippen LogP contribution is 2.41. The van der Waals surface area contributed by atoms with Gasteiger partial charge in [-0.2, -0.15) is 0 Å². The fraction of sp³-hybridized carbons (Fsp3) is 0.500. The lowest BCUT2D eigenvalue weighted by atomic mass is 9.87. The molecule has 0 bridgehead atoms. The second-order valence-corrected chi connectivity index (χ2v) is 5.06. The average Bonchev–Trinajstić information content (AvgIpc) is 3.08. The van der Waals surface area contributed by atoms with Crippen LogP contribution in [0.1, 0.15) is 37.7 Å². The molecule has 1 aromatic rings. The van der Waals surface area contributed by atoms with Crippen molar-refractivity contribution in [2.45, 2.75) is 32.1 Å². The maximum absolute atomic E-state index is 13.1. The van der Waals surface area contributed by atoms with Crippen LogP contribution in [0.4, 0.5) is 4.39 Å². The molecule has 1 fully saturated rings. The summed E-state index contributed by atoms with van der Waals surface area (Å²) in [6.07, 6.45) is 3.22. The maximum atomic E-state index is 13.1. The zero-order valence-electron chi connectivity index (χ0n) is 10.0. The Balaban J connectivity index is 2.13. The van der Waals surface area contributed by atoms with Crippen molar-refractivity contribution >= 4 is 5.91 Å². The van der Waals surface area contributed by atoms with Gasteiger partial charge in [-0.1, -0.05) is 19.1 Å². The highest BCUT2D eigenvalue weighted by molar-refractivity contribution is 5.81. The average molecular weight is 235 g/mol. The Labute approximate surface area is 101 Å². The molecule has 1 aromatic carbocycles. The molecule has 2 nitrogen and oxygen atoms in total. The van der Waals surface area contributed by atoms with Crippen LogP contribution in [-0.4, -0.2) is 5.91 Å². The molecule has 17 heavy (non-hydrogen) atoms. The van der Waals surface area contributed by atoms with Gasteiger partial charge in [-0.15, -0.1) is 0 Å². The number of carbonyl (C=O) groups is 1. The molecule has 0 radical (unpaired) electrons. The van der Waals surface area contributed by atoms with Crippen molar-refractivity contribution < 1.29 is 9.18 Å². The van der Waals surface area contributed by atoms with Crippen molar-refractivity contribution in [3.8, 4) is 0 Å². The topological polar surface area (TPSA) is 43.1 Å². The number of amides is 1. The van der Waals surface area contributed by atoms with Gasteiger partial charge < -0.3 is 5.73 Å². The molecule has 0 heterocycles. The molecule has 1 saturated carbocycles. The van der Waals surface area contributed by atoms with E-state index >= 15 is 0 Å². The predicted molar refractivity (Wildman–Crippen MR) is 64.8 cm³/mol. The zero-order valence-corrected chi connectivity index (χ0v) is 10.0. The van der Waals surface area contributed by atoms with Gasteiger partial charge in [-0.05, 0) is 48.8 Å². The number of rotatable bonds is 5. The Morgan fingerprint density at radius 1 is 1.53 bits per heavy atom. The molecular weight excluding hydrogens is 217 g/mol. The summed E-state index contributed by atoms with van der Waals surface area (Å²) in [6.45, 7) is 2.15.